The van der Waals surface area contributed by atoms with E-state index in [2.05, 4.69) is 38.8 Å². The molecule has 0 bridgehead atoms. The van der Waals surface area contributed by atoms with Crippen LogP contribution in [0.15, 0.2) is 48.7 Å². The molecule has 1 fully saturated rings. The minimum atomic E-state index is -0.266. The van der Waals surface area contributed by atoms with Gasteiger partial charge >= 0.3 is 6.03 Å². The van der Waals surface area contributed by atoms with Crippen LogP contribution in [0.1, 0.15) is 32.3 Å². The molecule has 1 aliphatic heterocycles. The number of likely N-dealkylation sites (tertiary alicyclic amines) is 1. The second kappa shape index (κ2) is 10.9. The van der Waals surface area contributed by atoms with E-state index >= 15 is 0 Å². The molecule has 1 aromatic heterocycles. The predicted molar refractivity (Wildman–Crippen MR) is 135 cm³/mol. The zero-order valence-electron chi connectivity index (χ0n) is 19.6. The van der Waals surface area contributed by atoms with Crippen LogP contribution in [0.25, 0.3) is 10.9 Å². The summed E-state index contributed by atoms with van der Waals surface area (Å²) in [6.07, 6.45) is 3.40. The number of carbonyl (C=O) groups excluding carboxylic acids is 1. The van der Waals surface area contributed by atoms with Crippen molar-refractivity contribution in [2.75, 3.05) is 36.9 Å². The Morgan fingerprint density at radius 1 is 1.21 bits per heavy atom. The highest BCUT2D eigenvalue weighted by Crippen LogP contribution is 2.36. The predicted octanol–water partition coefficient (Wildman–Crippen LogP) is 4.85. The Balaban J connectivity index is 1.63. The zero-order chi connectivity index (χ0) is 23.9. The van der Waals surface area contributed by atoms with Crippen LogP contribution in [0.2, 0.25) is 0 Å². The van der Waals surface area contributed by atoms with E-state index in [1.54, 1.807) is 12.3 Å². The highest BCUT2D eigenvalue weighted by Gasteiger charge is 2.21. The van der Waals surface area contributed by atoms with E-state index < -0.39 is 0 Å². The molecular formula is C26H30N6O2. The van der Waals surface area contributed by atoms with Gasteiger partial charge in [-0.05, 0) is 44.5 Å². The van der Waals surface area contributed by atoms with Crippen LogP contribution in [-0.2, 0) is 0 Å². The van der Waals surface area contributed by atoms with Crippen molar-refractivity contribution in [3.8, 4) is 11.8 Å². The van der Waals surface area contributed by atoms with Gasteiger partial charge in [-0.2, -0.15) is 5.26 Å². The second-order valence-corrected chi connectivity index (χ2v) is 8.26. The number of nitrogens with one attached hydrogen (secondary N) is 3. The third-order valence-electron chi connectivity index (χ3n) is 6.05. The molecule has 1 aliphatic rings. The molecular weight excluding hydrogens is 428 g/mol. The van der Waals surface area contributed by atoms with Crippen molar-refractivity contribution in [1.29, 1.82) is 5.26 Å². The first-order valence-corrected chi connectivity index (χ1v) is 11.7. The summed E-state index contributed by atoms with van der Waals surface area (Å²) in [5.74, 6) is 0.536. The normalized spacial score (nSPS) is 14.4. The van der Waals surface area contributed by atoms with Gasteiger partial charge in [0, 0.05) is 42.5 Å². The van der Waals surface area contributed by atoms with E-state index in [0.717, 1.165) is 43.5 Å². The molecule has 2 aromatic carbocycles. The van der Waals surface area contributed by atoms with E-state index in [1.165, 1.54) is 0 Å². The summed E-state index contributed by atoms with van der Waals surface area (Å²) in [5, 5.41) is 19.8. The van der Waals surface area contributed by atoms with Gasteiger partial charge in [0.15, 0.2) is 0 Å². The highest BCUT2D eigenvalue weighted by molar-refractivity contribution is 6.01. The average molecular weight is 459 g/mol. The summed E-state index contributed by atoms with van der Waals surface area (Å²) in [7, 11) is 0. The number of benzene rings is 2. The Morgan fingerprint density at radius 2 is 1.97 bits per heavy atom. The van der Waals surface area contributed by atoms with Crippen molar-refractivity contribution in [2.45, 2.75) is 32.7 Å². The van der Waals surface area contributed by atoms with Gasteiger partial charge in [0.1, 0.15) is 11.8 Å². The summed E-state index contributed by atoms with van der Waals surface area (Å²) in [6, 6.07) is 15.3. The molecule has 3 aromatic rings. The molecule has 176 valence electrons. The Kier molecular flexibility index (Phi) is 7.45. The van der Waals surface area contributed by atoms with E-state index in [9.17, 15) is 10.1 Å². The maximum atomic E-state index is 12.8. The van der Waals surface area contributed by atoms with Crippen LogP contribution in [0, 0.1) is 11.3 Å². The van der Waals surface area contributed by atoms with Crippen molar-refractivity contribution >= 4 is 34.0 Å². The third kappa shape index (κ3) is 5.38. The molecule has 34 heavy (non-hydrogen) atoms. The quantitative estimate of drug-likeness (QED) is 0.468. The molecule has 0 unspecified atom stereocenters. The average Bonchev–Trinajstić information content (AvgIpc) is 2.86. The Morgan fingerprint density at radius 3 is 2.65 bits per heavy atom. The first-order chi connectivity index (χ1) is 16.6. The summed E-state index contributed by atoms with van der Waals surface area (Å²) in [5.41, 5.74) is 3.10. The van der Waals surface area contributed by atoms with Crippen LogP contribution >= 0.6 is 0 Å². The number of aromatic nitrogens is 1. The fraction of sp³-hybridized carbons (Fsp3) is 0.346. The minimum absolute atomic E-state index is 0.140. The molecule has 2 amide bonds. The molecule has 2 heterocycles. The van der Waals surface area contributed by atoms with Gasteiger partial charge in [-0.3, -0.25) is 4.98 Å². The maximum Gasteiger partial charge on any atom is 0.319 e. The van der Waals surface area contributed by atoms with Gasteiger partial charge in [0.25, 0.3) is 0 Å². The fourth-order valence-corrected chi connectivity index (χ4v) is 4.22. The lowest BCUT2D eigenvalue weighted by atomic mass is 10.1. The number of para-hydroxylation sites is 1. The van der Waals surface area contributed by atoms with E-state index in [1.807, 2.05) is 43.3 Å². The number of nitriles is 1. The number of amides is 2. The number of urea groups is 1. The smallest absolute Gasteiger partial charge is 0.319 e. The largest absolute Gasteiger partial charge is 0.492 e. The summed E-state index contributed by atoms with van der Waals surface area (Å²) >= 11 is 0. The molecule has 1 saturated heterocycles. The van der Waals surface area contributed by atoms with Gasteiger partial charge in [-0.1, -0.05) is 25.1 Å². The Bertz CT molecular complexity index is 1180. The van der Waals surface area contributed by atoms with Crippen molar-refractivity contribution in [3.05, 3.63) is 54.2 Å². The molecule has 8 heteroatoms. The molecule has 3 N–H and O–H groups in total. The van der Waals surface area contributed by atoms with Crippen molar-refractivity contribution < 1.29 is 9.53 Å². The minimum Gasteiger partial charge on any atom is -0.492 e. The lowest BCUT2D eigenvalue weighted by Gasteiger charge is -2.31. The molecule has 0 aliphatic carbocycles. The maximum absolute atomic E-state index is 12.8. The number of hydrogen-bond acceptors (Lipinski definition) is 6. The summed E-state index contributed by atoms with van der Waals surface area (Å²) < 4.78 is 5.80. The summed E-state index contributed by atoms with van der Waals surface area (Å²) in [4.78, 5) is 19.7. The Labute approximate surface area is 199 Å². The number of hydrogen-bond donors (Lipinski definition) is 3. The third-order valence-corrected chi connectivity index (χ3v) is 6.05. The number of anilines is 3. The van der Waals surface area contributed by atoms with Crippen molar-refractivity contribution in [2.24, 2.45) is 0 Å². The number of pyridine rings is 1. The van der Waals surface area contributed by atoms with E-state index in [4.69, 9.17) is 4.74 Å². The molecule has 0 radical (unpaired) electrons. The zero-order valence-corrected chi connectivity index (χ0v) is 19.6. The fourth-order valence-electron chi connectivity index (χ4n) is 4.22. The van der Waals surface area contributed by atoms with Gasteiger partial charge in [-0.15, -0.1) is 0 Å². The number of nitrogens with zero attached hydrogens (tertiary/aromatic N) is 3. The van der Waals surface area contributed by atoms with Crippen molar-refractivity contribution in [3.63, 3.8) is 0 Å². The number of piperidine rings is 1. The van der Waals surface area contributed by atoms with Crippen LogP contribution in [0.4, 0.5) is 21.9 Å². The van der Waals surface area contributed by atoms with Crippen molar-refractivity contribution in [1.82, 2.24) is 15.2 Å². The first-order valence-electron chi connectivity index (χ1n) is 11.7. The second-order valence-electron chi connectivity index (χ2n) is 8.26. The number of carbonyl (C=O) groups is 1. The van der Waals surface area contributed by atoms with Gasteiger partial charge in [-0.25, -0.2) is 4.79 Å². The van der Waals surface area contributed by atoms with Gasteiger partial charge in [0.2, 0.25) is 0 Å². The number of rotatable bonds is 7. The monoisotopic (exact) mass is 458 g/mol. The first kappa shape index (κ1) is 23.3. The molecule has 0 spiro atoms. The summed E-state index contributed by atoms with van der Waals surface area (Å²) in [6.45, 7) is 7.50. The van der Waals surface area contributed by atoms with Gasteiger partial charge in [0.05, 0.1) is 29.1 Å². The molecule has 4 rings (SSSR count). The van der Waals surface area contributed by atoms with Gasteiger partial charge < -0.3 is 25.6 Å². The lowest BCUT2D eigenvalue weighted by molar-refractivity contribution is 0.203. The Hall–Kier alpha value is -3.83. The van der Waals surface area contributed by atoms with Crippen LogP contribution in [-0.4, -0.2) is 48.2 Å². The van der Waals surface area contributed by atoms with E-state index in [0.29, 0.717) is 34.8 Å². The van der Waals surface area contributed by atoms with Crippen LogP contribution in [0.5, 0.6) is 5.75 Å². The van der Waals surface area contributed by atoms with Crippen LogP contribution in [0.3, 0.4) is 0 Å². The molecule has 0 saturated carbocycles. The molecule has 8 nitrogen and oxygen atoms in total. The molecule has 0 atom stereocenters. The topological polar surface area (TPSA) is 102 Å². The number of ether oxygens (including phenoxy) is 1. The lowest BCUT2D eigenvalue weighted by Crippen LogP contribution is -2.45. The highest BCUT2D eigenvalue weighted by atomic mass is 16.5. The SMILES string of the molecule is CCOc1cc2ncc(C#N)c(Nc3ccccc3)c2cc1NC(=O)NC1CCN(CC)CC1. The van der Waals surface area contributed by atoms with E-state index in [-0.39, 0.29) is 12.1 Å². The standard InChI is InChI=1S/C26H30N6O2/c1-3-32-12-10-20(11-13-32)30-26(33)31-23-14-21-22(15-24(23)34-4-2)28-17-18(16-27)25(21)29-19-8-6-5-7-9-19/h5-9,14-15,17,20H,3-4,10-13H2,1-2H3,(H,28,29)(H2,30,31,33). The number of fused-ring (bicyclic) bond motifs is 1. The van der Waals surface area contributed by atoms with Crippen LogP contribution < -0.4 is 20.7 Å².